The molecule has 1 N–H and O–H groups in total. The largest absolute Gasteiger partial charge is 0.376 e. The molecule has 6 heteroatoms. The molecular weight excluding hydrogens is 264 g/mol. The van der Waals surface area contributed by atoms with Gasteiger partial charge in [-0.1, -0.05) is 0 Å². The number of nitrogens with zero attached hydrogens (tertiary/aromatic N) is 1. The topological polar surface area (TPSA) is 60.5 Å². The minimum atomic E-state index is -0.488. The number of thiazole rings is 1. The number of carbonyl (C=O) groups excluding carboxylic acids is 1. The molecule has 3 rings (SSSR count). The lowest BCUT2D eigenvalue weighted by Gasteiger charge is -2.23. The predicted octanol–water partition coefficient (Wildman–Crippen LogP) is 1.61. The summed E-state index contributed by atoms with van der Waals surface area (Å²) < 4.78 is 10.6. The molecule has 2 heterocycles. The van der Waals surface area contributed by atoms with Crippen molar-refractivity contribution in [3.05, 3.63) is 16.1 Å². The Bertz CT molecular complexity index is 452. The number of rotatable bonds is 4. The van der Waals surface area contributed by atoms with Crippen molar-refractivity contribution < 1.29 is 14.3 Å². The minimum Gasteiger partial charge on any atom is -0.376 e. The van der Waals surface area contributed by atoms with Gasteiger partial charge in [-0.25, -0.2) is 4.98 Å². The van der Waals surface area contributed by atoms with Crippen molar-refractivity contribution >= 4 is 17.2 Å². The molecule has 1 saturated heterocycles. The summed E-state index contributed by atoms with van der Waals surface area (Å²) in [5, 5.41) is 6.18. The van der Waals surface area contributed by atoms with Crippen molar-refractivity contribution in [1.29, 1.82) is 0 Å². The van der Waals surface area contributed by atoms with Gasteiger partial charge in [0.15, 0.2) is 6.10 Å². The number of ether oxygens (including phenoxy) is 2. The molecule has 1 aromatic rings. The Hall–Kier alpha value is -0.980. The summed E-state index contributed by atoms with van der Waals surface area (Å²) in [6.07, 6.45) is 2.01. The van der Waals surface area contributed by atoms with Crippen LogP contribution in [0.5, 0.6) is 0 Å². The summed E-state index contributed by atoms with van der Waals surface area (Å²) in [5.74, 6) is 0.546. The molecule has 0 bridgehead atoms. The Morgan fingerprint density at radius 2 is 2.37 bits per heavy atom. The first-order valence-electron chi connectivity index (χ1n) is 6.69. The zero-order chi connectivity index (χ0) is 13.2. The third-order valence-electron chi connectivity index (χ3n) is 3.38. The zero-order valence-electron chi connectivity index (χ0n) is 10.9. The van der Waals surface area contributed by atoms with Gasteiger partial charge in [0.25, 0.3) is 5.91 Å². The second kappa shape index (κ2) is 5.56. The number of aromatic nitrogens is 1. The zero-order valence-corrected chi connectivity index (χ0v) is 11.7. The minimum absolute atomic E-state index is 0.0817. The maximum atomic E-state index is 12.0. The van der Waals surface area contributed by atoms with E-state index in [-0.39, 0.29) is 11.9 Å². The van der Waals surface area contributed by atoms with E-state index < -0.39 is 6.10 Å². The summed E-state index contributed by atoms with van der Waals surface area (Å²) >= 11 is 1.69. The van der Waals surface area contributed by atoms with E-state index in [0.717, 1.165) is 5.69 Å². The monoisotopic (exact) mass is 282 g/mol. The van der Waals surface area contributed by atoms with Crippen LogP contribution in [0.15, 0.2) is 5.38 Å². The highest BCUT2D eigenvalue weighted by atomic mass is 32.1. The Labute approximate surface area is 116 Å². The lowest BCUT2D eigenvalue weighted by Crippen LogP contribution is -2.43. The first-order chi connectivity index (χ1) is 9.24. The number of hydrogen-bond donors (Lipinski definition) is 1. The van der Waals surface area contributed by atoms with Crippen LogP contribution in [0.4, 0.5) is 0 Å². The fraction of sp³-hybridized carbons (Fsp3) is 0.692. The number of carbonyl (C=O) groups is 1. The van der Waals surface area contributed by atoms with E-state index in [0.29, 0.717) is 25.7 Å². The molecule has 0 unspecified atom stereocenters. The lowest BCUT2D eigenvalue weighted by molar-refractivity contribution is -0.148. The molecule has 5 nitrogen and oxygen atoms in total. The van der Waals surface area contributed by atoms with E-state index in [9.17, 15) is 4.79 Å². The van der Waals surface area contributed by atoms with Gasteiger partial charge in [-0.3, -0.25) is 4.79 Å². The van der Waals surface area contributed by atoms with Crippen molar-refractivity contribution in [3.8, 4) is 0 Å². The highest BCUT2D eigenvalue weighted by Gasteiger charge is 2.28. The average Bonchev–Trinajstić information content (AvgIpc) is 3.17. The summed E-state index contributed by atoms with van der Waals surface area (Å²) in [6, 6.07) is -0.0817. The predicted molar refractivity (Wildman–Crippen MR) is 71.2 cm³/mol. The van der Waals surface area contributed by atoms with Crippen molar-refractivity contribution in [2.45, 2.75) is 37.8 Å². The van der Waals surface area contributed by atoms with E-state index in [1.54, 1.807) is 11.3 Å². The molecule has 2 atom stereocenters. The van der Waals surface area contributed by atoms with Crippen molar-refractivity contribution in [1.82, 2.24) is 10.3 Å². The maximum Gasteiger partial charge on any atom is 0.252 e. The SMILES string of the molecule is C[C@@H](NC(=O)[C@@H]1COCCO1)c1csc(C2CC2)n1. The van der Waals surface area contributed by atoms with Crippen molar-refractivity contribution in [2.24, 2.45) is 0 Å². The molecular formula is C13H18N2O3S. The van der Waals surface area contributed by atoms with Crippen LogP contribution in [0.2, 0.25) is 0 Å². The molecule has 1 aliphatic carbocycles. The van der Waals surface area contributed by atoms with Crippen LogP contribution in [0.1, 0.15) is 42.4 Å². The number of hydrogen-bond acceptors (Lipinski definition) is 5. The molecule has 1 saturated carbocycles. The van der Waals surface area contributed by atoms with E-state index in [1.807, 2.05) is 12.3 Å². The van der Waals surface area contributed by atoms with Crippen molar-refractivity contribution in [3.63, 3.8) is 0 Å². The molecule has 1 aliphatic heterocycles. The smallest absolute Gasteiger partial charge is 0.252 e. The first-order valence-corrected chi connectivity index (χ1v) is 7.57. The van der Waals surface area contributed by atoms with Crippen LogP contribution in [0.3, 0.4) is 0 Å². The van der Waals surface area contributed by atoms with Gasteiger partial charge in [-0.15, -0.1) is 11.3 Å². The molecule has 0 spiro atoms. The van der Waals surface area contributed by atoms with Crippen LogP contribution in [-0.4, -0.2) is 36.8 Å². The Morgan fingerprint density at radius 3 is 3.05 bits per heavy atom. The van der Waals surface area contributed by atoms with Crippen LogP contribution in [0, 0.1) is 0 Å². The third-order valence-corrected chi connectivity index (χ3v) is 4.40. The normalized spacial score (nSPS) is 25.0. The van der Waals surface area contributed by atoms with Crippen LogP contribution in [-0.2, 0) is 14.3 Å². The van der Waals surface area contributed by atoms with Crippen LogP contribution >= 0.6 is 11.3 Å². The molecule has 0 aromatic carbocycles. The molecule has 19 heavy (non-hydrogen) atoms. The van der Waals surface area contributed by atoms with Crippen molar-refractivity contribution in [2.75, 3.05) is 19.8 Å². The van der Waals surface area contributed by atoms with Gasteiger partial charge in [-0.2, -0.15) is 0 Å². The molecule has 1 amide bonds. The standard InChI is InChI=1S/C13H18N2O3S/c1-8(10-7-19-13(15-10)9-2-3-9)14-12(16)11-6-17-4-5-18-11/h7-9,11H,2-6H2,1H3,(H,14,16)/t8-,11+/m1/s1. The van der Waals surface area contributed by atoms with Crippen LogP contribution in [0.25, 0.3) is 0 Å². The van der Waals surface area contributed by atoms with E-state index in [1.165, 1.54) is 17.8 Å². The van der Waals surface area contributed by atoms with Gasteiger partial charge in [0.1, 0.15) is 0 Å². The third kappa shape index (κ3) is 3.13. The quantitative estimate of drug-likeness (QED) is 0.911. The van der Waals surface area contributed by atoms with Gasteiger partial charge in [0, 0.05) is 11.3 Å². The second-order valence-corrected chi connectivity index (χ2v) is 5.94. The highest BCUT2D eigenvalue weighted by Crippen LogP contribution is 2.41. The Morgan fingerprint density at radius 1 is 1.53 bits per heavy atom. The summed E-state index contributed by atoms with van der Waals surface area (Å²) in [7, 11) is 0. The summed E-state index contributed by atoms with van der Waals surface area (Å²) in [4.78, 5) is 16.6. The fourth-order valence-corrected chi connectivity index (χ4v) is 3.12. The fourth-order valence-electron chi connectivity index (χ4n) is 2.04. The van der Waals surface area contributed by atoms with E-state index >= 15 is 0 Å². The summed E-state index contributed by atoms with van der Waals surface area (Å²) in [5.41, 5.74) is 0.942. The van der Waals surface area contributed by atoms with Gasteiger partial charge >= 0.3 is 0 Å². The molecule has 2 aliphatic rings. The Kier molecular flexibility index (Phi) is 3.81. The average molecular weight is 282 g/mol. The maximum absolute atomic E-state index is 12.0. The summed E-state index contributed by atoms with van der Waals surface area (Å²) in [6.45, 7) is 3.33. The Balaban J connectivity index is 1.56. The second-order valence-electron chi connectivity index (χ2n) is 5.05. The highest BCUT2D eigenvalue weighted by molar-refractivity contribution is 7.09. The number of nitrogens with one attached hydrogen (secondary N) is 1. The molecule has 104 valence electrons. The molecule has 2 fully saturated rings. The van der Waals surface area contributed by atoms with Gasteiger partial charge in [0.05, 0.1) is 36.6 Å². The van der Waals surface area contributed by atoms with Gasteiger partial charge in [-0.05, 0) is 19.8 Å². The number of amides is 1. The van der Waals surface area contributed by atoms with E-state index in [2.05, 4.69) is 10.3 Å². The lowest BCUT2D eigenvalue weighted by atomic mass is 10.2. The first kappa shape index (κ1) is 13.0. The van der Waals surface area contributed by atoms with Crippen LogP contribution < -0.4 is 5.32 Å². The van der Waals surface area contributed by atoms with Gasteiger partial charge in [0.2, 0.25) is 0 Å². The van der Waals surface area contributed by atoms with E-state index in [4.69, 9.17) is 9.47 Å². The van der Waals surface area contributed by atoms with Gasteiger partial charge < -0.3 is 14.8 Å². The molecule has 1 aromatic heterocycles. The molecule has 0 radical (unpaired) electrons.